The molecule has 5 heteroatoms. The van der Waals surface area contributed by atoms with Gasteiger partial charge in [0.1, 0.15) is 5.69 Å². The highest BCUT2D eigenvalue weighted by Crippen LogP contribution is 2.21. The van der Waals surface area contributed by atoms with E-state index < -0.39 is 5.97 Å². The van der Waals surface area contributed by atoms with Gasteiger partial charge in [-0.3, -0.25) is 0 Å². The SMILES string of the molecule is COC(=O)c1cc(N(C)C2CCCNCC2)ccn1. The van der Waals surface area contributed by atoms with E-state index >= 15 is 0 Å². The number of aromatic nitrogens is 1. The molecule has 2 rings (SSSR count). The van der Waals surface area contributed by atoms with Crippen molar-refractivity contribution in [1.29, 1.82) is 0 Å². The minimum Gasteiger partial charge on any atom is -0.464 e. The maximum atomic E-state index is 11.5. The van der Waals surface area contributed by atoms with E-state index in [0.29, 0.717) is 11.7 Å². The summed E-state index contributed by atoms with van der Waals surface area (Å²) in [6.45, 7) is 2.14. The molecule has 1 aliphatic rings. The third-order valence-corrected chi connectivity index (χ3v) is 3.64. The summed E-state index contributed by atoms with van der Waals surface area (Å²) in [6, 6.07) is 4.23. The lowest BCUT2D eigenvalue weighted by Gasteiger charge is -2.29. The Bertz CT molecular complexity index is 428. The Morgan fingerprint density at radius 1 is 1.47 bits per heavy atom. The molecule has 104 valence electrons. The highest BCUT2D eigenvalue weighted by Gasteiger charge is 2.18. The molecule has 0 saturated carbocycles. The topological polar surface area (TPSA) is 54.5 Å². The number of hydrogen-bond donors (Lipinski definition) is 1. The van der Waals surface area contributed by atoms with Crippen LogP contribution in [-0.2, 0) is 4.74 Å². The summed E-state index contributed by atoms with van der Waals surface area (Å²) in [5.74, 6) is -0.391. The van der Waals surface area contributed by atoms with Crippen molar-refractivity contribution < 1.29 is 9.53 Å². The molecule has 5 nitrogen and oxygen atoms in total. The van der Waals surface area contributed by atoms with Crippen LogP contribution in [0.4, 0.5) is 5.69 Å². The molecule has 0 spiro atoms. The number of ether oxygens (including phenoxy) is 1. The maximum Gasteiger partial charge on any atom is 0.356 e. The fraction of sp³-hybridized carbons (Fsp3) is 0.571. The zero-order chi connectivity index (χ0) is 13.7. The van der Waals surface area contributed by atoms with Crippen molar-refractivity contribution in [3.63, 3.8) is 0 Å². The van der Waals surface area contributed by atoms with Gasteiger partial charge in [0.2, 0.25) is 0 Å². The van der Waals surface area contributed by atoms with Gasteiger partial charge >= 0.3 is 5.97 Å². The normalized spacial score (nSPS) is 19.6. The number of anilines is 1. The molecule has 1 aromatic rings. The zero-order valence-electron chi connectivity index (χ0n) is 11.6. The largest absolute Gasteiger partial charge is 0.464 e. The third-order valence-electron chi connectivity index (χ3n) is 3.64. The van der Waals surface area contributed by atoms with E-state index in [1.54, 1.807) is 12.3 Å². The van der Waals surface area contributed by atoms with Crippen molar-refractivity contribution >= 4 is 11.7 Å². The molecule has 0 bridgehead atoms. The lowest BCUT2D eigenvalue weighted by Crippen LogP contribution is -2.32. The van der Waals surface area contributed by atoms with Crippen LogP contribution in [0.15, 0.2) is 18.3 Å². The monoisotopic (exact) mass is 263 g/mol. The van der Waals surface area contributed by atoms with Crippen molar-refractivity contribution in [3.8, 4) is 0 Å². The van der Waals surface area contributed by atoms with E-state index in [4.69, 9.17) is 4.74 Å². The molecule has 0 amide bonds. The van der Waals surface area contributed by atoms with Crippen LogP contribution < -0.4 is 10.2 Å². The van der Waals surface area contributed by atoms with Gasteiger partial charge in [-0.15, -0.1) is 0 Å². The van der Waals surface area contributed by atoms with Gasteiger partial charge in [-0.1, -0.05) is 0 Å². The average Bonchev–Trinajstić information content (AvgIpc) is 2.75. The first-order valence-corrected chi connectivity index (χ1v) is 6.70. The first-order valence-electron chi connectivity index (χ1n) is 6.70. The van der Waals surface area contributed by atoms with Crippen LogP contribution in [0.25, 0.3) is 0 Å². The van der Waals surface area contributed by atoms with Gasteiger partial charge in [-0.05, 0) is 44.5 Å². The standard InChI is InChI=1S/C14H21N3O2/c1-17(11-4-3-7-15-8-5-11)12-6-9-16-13(10-12)14(18)19-2/h6,9-11,15H,3-5,7-8H2,1-2H3. The van der Waals surface area contributed by atoms with E-state index in [1.807, 2.05) is 6.07 Å². The molecule has 1 N–H and O–H groups in total. The Morgan fingerprint density at radius 3 is 3.11 bits per heavy atom. The summed E-state index contributed by atoms with van der Waals surface area (Å²) in [5, 5.41) is 3.41. The van der Waals surface area contributed by atoms with Gasteiger partial charge in [0.15, 0.2) is 0 Å². The minimum atomic E-state index is -0.391. The molecule has 0 aromatic carbocycles. The number of rotatable bonds is 3. The molecule has 2 heterocycles. The Kier molecular flexibility index (Phi) is 4.74. The first-order chi connectivity index (χ1) is 9.22. The molecule has 19 heavy (non-hydrogen) atoms. The summed E-state index contributed by atoms with van der Waals surface area (Å²) in [6.07, 6.45) is 5.13. The van der Waals surface area contributed by atoms with Crippen LogP contribution >= 0.6 is 0 Å². The van der Waals surface area contributed by atoms with Crippen LogP contribution in [0, 0.1) is 0 Å². The van der Waals surface area contributed by atoms with E-state index in [0.717, 1.165) is 25.2 Å². The van der Waals surface area contributed by atoms with Gasteiger partial charge in [0.25, 0.3) is 0 Å². The van der Waals surface area contributed by atoms with Crippen LogP contribution in [0.3, 0.4) is 0 Å². The minimum absolute atomic E-state index is 0.360. The lowest BCUT2D eigenvalue weighted by molar-refractivity contribution is 0.0594. The molecule has 1 unspecified atom stereocenters. The Morgan fingerprint density at radius 2 is 2.32 bits per heavy atom. The van der Waals surface area contributed by atoms with Gasteiger partial charge < -0.3 is 15.0 Å². The van der Waals surface area contributed by atoms with Crippen LogP contribution in [0.1, 0.15) is 29.8 Å². The molecule has 1 fully saturated rings. The molecule has 1 aromatic heterocycles. The van der Waals surface area contributed by atoms with Gasteiger partial charge in [-0.25, -0.2) is 9.78 Å². The van der Waals surface area contributed by atoms with Crippen molar-refractivity contribution in [1.82, 2.24) is 10.3 Å². The predicted molar refractivity (Wildman–Crippen MR) is 74.5 cm³/mol. The number of carbonyl (C=O) groups excluding carboxylic acids is 1. The zero-order valence-corrected chi connectivity index (χ0v) is 11.6. The highest BCUT2D eigenvalue weighted by atomic mass is 16.5. The number of nitrogens with one attached hydrogen (secondary N) is 1. The van der Waals surface area contributed by atoms with Crippen LogP contribution in [0.2, 0.25) is 0 Å². The number of methoxy groups -OCH3 is 1. The van der Waals surface area contributed by atoms with Crippen LogP contribution in [0.5, 0.6) is 0 Å². The van der Waals surface area contributed by atoms with E-state index in [2.05, 4.69) is 22.2 Å². The molecule has 0 radical (unpaired) electrons. The fourth-order valence-corrected chi connectivity index (χ4v) is 2.45. The molecular weight excluding hydrogens is 242 g/mol. The fourth-order valence-electron chi connectivity index (χ4n) is 2.45. The first kappa shape index (κ1) is 13.8. The third kappa shape index (κ3) is 3.44. The quantitative estimate of drug-likeness (QED) is 0.836. The smallest absolute Gasteiger partial charge is 0.356 e. The Balaban J connectivity index is 2.13. The molecule has 1 aliphatic heterocycles. The van der Waals surface area contributed by atoms with E-state index in [9.17, 15) is 4.79 Å². The summed E-state index contributed by atoms with van der Waals surface area (Å²) < 4.78 is 4.71. The number of carbonyl (C=O) groups is 1. The van der Waals surface area contributed by atoms with Gasteiger partial charge in [0.05, 0.1) is 7.11 Å². The van der Waals surface area contributed by atoms with Crippen LogP contribution in [-0.4, -0.2) is 44.2 Å². The molecule has 0 aliphatic carbocycles. The Hall–Kier alpha value is -1.62. The summed E-state index contributed by atoms with van der Waals surface area (Å²) in [4.78, 5) is 17.8. The second-order valence-corrected chi connectivity index (χ2v) is 4.84. The number of pyridine rings is 1. The van der Waals surface area contributed by atoms with Crippen molar-refractivity contribution in [2.24, 2.45) is 0 Å². The second kappa shape index (κ2) is 6.52. The lowest BCUT2D eigenvalue weighted by atomic mass is 10.1. The number of nitrogens with zero attached hydrogens (tertiary/aromatic N) is 2. The average molecular weight is 263 g/mol. The molecule has 1 atom stereocenters. The number of hydrogen-bond acceptors (Lipinski definition) is 5. The van der Waals surface area contributed by atoms with Crippen molar-refractivity contribution in [2.75, 3.05) is 32.1 Å². The van der Waals surface area contributed by atoms with Crippen molar-refractivity contribution in [2.45, 2.75) is 25.3 Å². The van der Waals surface area contributed by atoms with E-state index in [1.165, 1.54) is 20.0 Å². The van der Waals surface area contributed by atoms with Crippen molar-refractivity contribution in [3.05, 3.63) is 24.0 Å². The number of esters is 1. The van der Waals surface area contributed by atoms with E-state index in [-0.39, 0.29) is 0 Å². The van der Waals surface area contributed by atoms with Gasteiger partial charge in [0, 0.05) is 25.0 Å². The summed E-state index contributed by atoms with van der Waals surface area (Å²) >= 11 is 0. The Labute approximate surface area is 114 Å². The second-order valence-electron chi connectivity index (χ2n) is 4.84. The highest BCUT2D eigenvalue weighted by molar-refractivity contribution is 5.88. The molecular formula is C14H21N3O2. The molecule has 1 saturated heterocycles. The predicted octanol–water partition coefficient (Wildman–Crippen LogP) is 1.45. The summed E-state index contributed by atoms with van der Waals surface area (Å²) in [7, 11) is 3.45. The maximum absolute atomic E-state index is 11.5. The van der Waals surface area contributed by atoms with Gasteiger partial charge in [-0.2, -0.15) is 0 Å². The summed E-state index contributed by atoms with van der Waals surface area (Å²) in [5.41, 5.74) is 1.38.